The Labute approximate surface area is 93.9 Å². The number of carboxylic acids is 1. The lowest BCUT2D eigenvalue weighted by Gasteiger charge is -2.21. The van der Waals surface area contributed by atoms with Gasteiger partial charge in [-0.1, -0.05) is 0 Å². The zero-order chi connectivity index (χ0) is 12.0. The van der Waals surface area contributed by atoms with E-state index in [2.05, 4.69) is 4.98 Å². The predicted octanol–water partition coefficient (Wildman–Crippen LogP) is 1.25. The van der Waals surface area contributed by atoms with E-state index in [1.165, 1.54) is 0 Å². The van der Waals surface area contributed by atoms with E-state index in [0.717, 1.165) is 0 Å². The minimum Gasteiger partial charge on any atom is -0.481 e. The molecule has 1 N–H and O–H groups in total. The normalized spacial score (nSPS) is 9.50. The Kier molecular flexibility index (Phi) is 4.28. The van der Waals surface area contributed by atoms with Crippen LogP contribution in [0.25, 0.3) is 0 Å². The molecule has 0 unspecified atom stereocenters. The van der Waals surface area contributed by atoms with E-state index >= 15 is 0 Å². The number of rotatable bonds is 5. The van der Waals surface area contributed by atoms with Crippen molar-refractivity contribution in [3.63, 3.8) is 0 Å². The van der Waals surface area contributed by atoms with Crippen LogP contribution in [0.3, 0.4) is 0 Å². The minimum atomic E-state index is -0.854. The standard InChI is InChI=1S/C11H13N3O2/c1-2-14(7-5-10(15)16)11-9(8-12)4-3-6-13-11/h3-4,6H,2,5,7H2,1H3,(H,15,16). The van der Waals surface area contributed by atoms with Crippen LogP contribution in [0.15, 0.2) is 18.3 Å². The summed E-state index contributed by atoms with van der Waals surface area (Å²) < 4.78 is 0. The summed E-state index contributed by atoms with van der Waals surface area (Å²) >= 11 is 0. The van der Waals surface area contributed by atoms with E-state index in [4.69, 9.17) is 10.4 Å². The van der Waals surface area contributed by atoms with Crippen LogP contribution in [0.4, 0.5) is 5.82 Å². The zero-order valence-corrected chi connectivity index (χ0v) is 9.05. The molecule has 0 bridgehead atoms. The molecule has 0 atom stereocenters. The van der Waals surface area contributed by atoms with Crippen LogP contribution in [0.1, 0.15) is 18.9 Å². The van der Waals surface area contributed by atoms with Gasteiger partial charge in [0, 0.05) is 19.3 Å². The number of aliphatic carboxylic acids is 1. The second-order valence-electron chi connectivity index (χ2n) is 3.21. The van der Waals surface area contributed by atoms with E-state index in [-0.39, 0.29) is 6.42 Å². The van der Waals surface area contributed by atoms with Gasteiger partial charge >= 0.3 is 5.97 Å². The van der Waals surface area contributed by atoms with Crippen molar-refractivity contribution in [2.75, 3.05) is 18.0 Å². The lowest BCUT2D eigenvalue weighted by molar-refractivity contribution is -0.136. The molecule has 84 valence electrons. The third-order valence-electron chi connectivity index (χ3n) is 2.18. The van der Waals surface area contributed by atoms with Gasteiger partial charge in [-0.2, -0.15) is 5.26 Å². The number of hydrogen-bond donors (Lipinski definition) is 1. The minimum absolute atomic E-state index is 0.0370. The van der Waals surface area contributed by atoms with Crippen LogP contribution in [-0.4, -0.2) is 29.1 Å². The highest BCUT2D eigenvalue weighted by molar-refractivity contribution is 5.67. The molecule has 0 saturated heterocycles. The summed E-state index contributed by atoms with van der Waals surface area (Å²) in [6.07, 6.45) is 1.63. The van der Waals surface area contributed by atoms with Gasteiger partial charge in [0.1, 0.15) is 11.9 Å². The molecule has 1 aromatic rings. The van der Waals surface area contributed by atoms with Crippen molar-refractivity contribution in [1.29, 1.82) is 5.26 Å². The molecule has 0 aromatic carbocycles. The highest BCUT2D eigenvalue weighted by atomic mass is 16.4. The van der Waals surface area contributed by atoms with Crippen LogP contribution >= 0.6 is 0 Å². The highest BCUT2D eigenvalue weighted by Crippen LogP contribution is 2.15. The van der Waals surface area contributed by atoms with Crippen molar-refractivity contribution >= 4 is 11.8 Å². The molecular formula is C11H13N3O2. The second kappa shape index (κ2) is 5.71. The first-order valence-electron chi connectivity index (χ1n) is 5.01. The first kappa shape index (κ1) is 12.0. The molecule has 16 heavy (non-hydrogen) atoms. The molecule has 1 heterocycles. The van der Waals surface area contributed by atoms with Gasteiger partial charge in [0.2, 0.25) is 0 Å². The molecule has 0 aliphatic carbocycles. The van der Waals surface area contributed by atoms with Crippen molar-refractivity contribution in [2.45, 2.75) is 13.3 Å². The average Bonchev–Trinajstić information content (AvgIpc) is 2.30. The summed E-state index contributed by atoms with van der Waals surface area (Å²) in [6.45, 7) is 2.88. The van der Waals surface area contributed by atoms with Gasteiger partial charge in [-0.15, -0.1) is 0 Å². The SMILES string of the molecule is CCN(CCC(=O)O)c1ncccc1C#N. The van der Waals surface area contributed by atoms with Crippen molar-refractivity contribution in [2.24, 2.45) is 0 Å². The second-order valence-corrected chi connectivity index (χ2v) is 3.21. The Bertz CT molecular complexity index is 412. The molecule has 0 spiro atoms. The molecule has 0 radical (unpaired) electrons. The first-order chi connectivity index (χ1) is 7.69. The maximum absolute atomic E-state index is 10.5. The number of aromatic nitrogens is 1. The van der Waals surface area contributed by atoms with E-state index in [0.29, 0.717) is 24.5 Å². The van der Waals surface area contributed by atoms with Crippen molar-refractivity contribution in [3.05, 3.63) is 23.9 Å². The monoisotopic (exact) mass is 219 g/mol. The fourth-order valence-corrected chi connectivity index (χ4v) is 1.38. The van der Waals surface area contributed by atoms with Gasteiger partial charge in [-0.25, -0.2) is 4.98 Å². The van der Waals surface area contributed by atoms with Crippen LogP contribution < -0.4 is 4.90 Å². The predicted molar refractivity (Wildman–Crippen MR) is 59.1 cm³/mol. The topological polar surface area (TPSA) is 77.2 Å². The maximum Gasteiger partial charge on any atom is 0.305 e. The van der Waals surface area contributed by atoms with Gasteiger partial charge in [0.05, 0.1) is 12.0 Å². The summed E-state index contributed by atoms with van der Waals surface area (Å²) in [5, 5.41) is 17.5. The number of carbonyl (C=O) groups is 1. The number of nitriles is 1. The molecule has 0 fully saturated rings. The summed E-state index contributed by atoms with van der Waals surface area (Å²) in [7, 11) is 0. The molecular weight excluding hydrogens is 206 g/mol. The molecule has 0 aliphatic rings. The lowest BCUT2D eigenvalue weighted by atomic mass is 10.2. The number of pyridine rings is 1. The van der Waals surface area contributed by atoms with E-state index in [1.54, 1.807) is 23.2 Å². The average molecular weight is 219 g/mol. The quantitative estimate of drug-likeness (QED) is 0.806. The van der Waals surface area contributed by atoms with Gasteiger partial charge in [0.25, 0.3) is 0 Å². The summed E-state index contributed by atoms with van der Waals surface area (Å²) in [4.78, 5) is 16.4. The third kappa shape index (κ3) is 2.95. The number of nitrogens with zero attached hydrogens (tertiary/aromatic N) is 3. The maximum atomic E-state index is 10.5. The molecule has 5 heteroatoms. The van der Waals surface area contributed by atoms with Crippen molar-refractivity contribution in [1.82, 2.24) is 4.98 Å². The van der Waals surface area contributed by atoms with E-state index in [1.807, 2.05) is 13.0 Å². The van der Waals surface area contributed by atoms with Gasteiger partial charge in [-0.05, 0) is 19.1 Å². The fourth-order valence-electron chi connectivity index (χ4n) is 1.38. The number of hydrogen-bond acceptors (Lipinski definition) is 4. The van der Waals surface area contributed by atoms with E-state index < -0.39 is 5.97 Å². The van der Waals surface area contributed by atoms with Gasteiger partial charge in [-0.3, -0.25) is 4.79 Å². The Morgan fingerprint density at radius 1 is 1.69 bits per heavy atom. The molecule has 0 amide bonds. The largest absolute Gasteiger partial charge is 0.481 e. The van der Waals surface area contributed by atoms with Crippen molar-refractivity contribution < 1.29 is 9.90 Å². The Hall–Kier alpha value is -2.09. The molecule has 1 aromatic heterocycles. The number of anilines is 1. The molecule has 0 aliphatic heterocycles. The first-order valence-corrected chi connectivity index (χ1v) is 5.01. The Morgan fingerprint density at radius 2 is 2.44 bits per heavy atom. The van der Waals surface area contributed by atoms with Crippen LogP contribution in [0.2, 0.25) is 0 Å². The summed E-state index contributed by atoms with van der Waals surface area (Å²) in [6, 6.07) is 5.41. The molecule has 1 rings (SSSR count). The van der Waals surface area contributed by atoms with Crippen LogP contribution in [-0.2, 0) is 4.79 Å². The van der Waals surface area contributed by atoms with Gasteiger partial charge < -0.3 is 10.0 Å². The Morgan fingerprint density at radius 3 is 3.00 bits per heavy atom. The number of carboxylic acid groups (broad SMARTS) is 1. The smallest absolute Gasteiger partial charge is 0.305 e. The zero-order valence-electron chi connectivity index (χ0n) is 9.05. The van der Waals surface area contributed by atoms with Crippen LogP contribution in [0.5, 0.6) is 0 Å². The fraction of sp³-hybridized carbons (Fsp3) is 0.364. The molecule has 5 nitrogen and oxygen atoms in total. The van der Waals surface area contributed by atoms with Crippen LogP contribution in [0, 0.1) is 11.3 Å². The van der Waals surface area contributed by atoms with Crippen molar-refractivity contribution in [3.8, 4) is 6.07 Å². The molecule has 0 saturated carbocycles. The summed E-state index contributed by atoms with van der Waals surface area (Å²) in [5.41, 5.74) is 0.467. The Balaban J connectivity index is 2.86. The highest BCUT2D eigenvalue weighted by Gasteiger charge is 2.11. The lowest BCUT2D eigenvalue weighted by Crippen LogP contribution is -2.27. The van der Waals surface area contributed by atoms with Gasteiger partial charge in [0.15, 0.2) is 0 Å². The van der Waals surface area contributed by atoms with E-state index in [9.17, 15) is 4.79 Å². The third-order valence-corrected chi connectivity index (χ3v) is 2.18. The summed E-state index contributed by atoms with van der Waals surface area (Å²) in [5.74, 6) is -0.304.